The van der Waals surface area contributed by atoms with Crippen molar-refractivity contribution in [2.24, 2.45) is 18.9 Å². The first-order chi connectivity index (χ1) is 15.0. The first-order valence-electron chi connectivity index (χ1n) is 10.1. The quantitative estimate of drug-likeness (QED) is 0.608. The van der Waals surface area contributed by atoms with Crippen LogP contribution in [0, 0.1) is 11.8 Å². The molecular weight excluding hydrogens is 398 g/mol. The number of likely N-dealkylation sites (tertiary alicyclic amines) is 1. The Morgan fingerprint density at radius 3 is 2.52 bits per heavy atom. The number of rotatable bonds is 4. The third-order valence-corrected chi connectivity index (χ3v) is 6.12. The van der Waals surface area contributed by atoms with Gasteiger partial charge in [-0.05, 0) is 6.07 Å². The molecule has 2 aliphatic heterocycles. The molecule has 5 rings (SSSR count). The van der Waals surface area contributed by atoms with Crippen LogP contribution in [0.2, 0.25) is 0 Å². The summed E-state index contributed by atoms with van der Waals surface area (Å²) in [5.74, 6) is 2.55. The van der Waals surface area contributed by atoms with Crippen LogP contribution in [0.25, 0.3) is 5.82 Å². The number of carbonyl (C=O) groups is 1. The number of amides is 1. The summed E-state index contributed by atoms with van der Waals surface area (Å²) in [5.41, 5.74) is 0.211. The highest BCUT2D eigenvalue weighted by Gasteiger charge is 2.42. The number of aromatic nitrogens is 5. The van der Waals surface area contributed by atoms with Crippen LogP contribution >= 0.6 is 0 Å². The number of pyridine rings is 1. The van der Waals surface area contributed by atoms with Crippen LogP contribution in [0.15, 0.2) is 47.9 Å². The lowest BCUT2D eigenvalue weighted by Gasteiger charge is -2.23. The molecule has 2 saturated heterocycles. The maximum absolute atomic E-state index is 13.1. The zero-order chi connectivity index (χ0) is 21.5. The van der Waals surface area contributed by atoms with Crippen molar-refractivity contribution in [3.63, 3.8) is 0 Å². The molecule has 10 heteroatoms. The Morgan fingerprint density at radius 2 is 1.84 bits per heavy atom. The van der Waals surface area contributed by atoms with E-state index in [2.05, 4.69) is 20.0 Å². The molecule has 0 spiro atoms. The molecule has 1 amide bonds. The highest BCUT2D eigenvalue weighted by Crippen LogP contribution is 2.34. The molecule has 160 valence electrons. The molecule has 2 fully saturated rings. The highest BCUT2D eigenvalue weighted by molar-refractivity contribution is 5.96. The van der Waals surface area contributed by atoms with Crippen molar-refractivity contribution in [3.8, 4) is 11.6 Å². The van der Waals surface area contributed by atoms with E-state index in [0.29, 0.717) is 36.2 Å². The van der Waals surface area contributed by atoms with Gasteiger partial charge in [-0.3, -0.25) is 9.59 Å². The van der Waals surface area contributed by atoms with E-state index >= 15 is 0 Å². The number of nitrogens with zero attached hydrogens (tertiary/aromatic N) is 7. The van der Waals surface area contributed by atoms with Gasteiger partial charge in [0.1, 0.15) is 17.9 Å². The van der Waals surface area contributed by atoms with E-state index in [1.807, 2.05) is 23.2 Å². The molecule has 2 atom stereocenters. The second-order valence-corrected chi connectivity index (χ2v) is 8.02. The van der Waals surface area contributed by atoms with Crippen molar-refractivity contribution in [1.29, 1.82) is 0 Å². The van der Waals surface area contributed by atoms with Crippen molar-refractivity contribution in [3.05, 3.63) is 59.0 Å². The first kappa shape index (κ1) is 19.3. The van der Waals surface area contributed by atoms with Crippen molar-refractivity contribution in [2.45, 2.75) is 0 Å². The molecule has 0 aromatic carbocycles. The lowest BCUT2D eigenvalue weighted by Crippen LogP contribution is -2.34. The fraction of sp³-hybridized carbons (Fsp3) is 0.381. The molecule has 3 aromatic rings. The minimum Gasteiger partial charge on any atom is -0.496 e. The maximum atomic E-state index is 13.1. The van der Waals surface area contributed by atoms with Gasteiger partial charge in [-0.2, -0.15) is 5.10 Å². The molecule has 0 bridgehead atoms. The van der Waals surface area contributed by atoms with E-state index in [0.717, 1.165) is 24.7 Å². The standard InChI is InChI=1S/C21H23N7O3/c1-25-12-16(17(31-2)6-20(25)29)21(30)27-10-14-8-26(9-15(14)11-27)18-7-19(23-13-22-18)28-5-3-4-24-28/h3-7,12-15H,8-11H2,1-2H3. The van der Waals surface area contributed by atoms with Crippen LogP contribution in [0.4, 0.5) is 5.82 Å². The molecular formula is C21H23N7O3. The Labute approximate surface area is 178 Å². The van der Waals surface area contributed by atoms with Crippen LogP contribution in [-0.2, 0) is 7.05 Å². The average molecular weight is 421 g/mol. The van der Waals surface area contributed by atoms with E-state index in [9.17, 15) is 9.59 Å². The van der Waals surface area contributed by atoms with Gasteiger partial charge in [0, 0.05) is 75.8 Å². The summed E-state index contributed by atoms with van der Waals surface area (Å²) < 4.78 is 8.40. The monoisotopic (exact) mass is 421 g/mol. The summed E-state index contributed by atoms with van der Waals surface area (Å²) in [4.78, 5) is 37.9. The minimum atomic E-state index is -0.207. The van der Waals surface area contributed by atoms with Gasteiger partial charge < -0.3 is 19.1 Å². The third-order valence-electron chi connectivity index (χ3n) is 6.12. The summed E-state index contributed by atoms with van der Waals surface area (Å²) in [7, 11) is 3.11. The largest absolute Gasteiger partial charge is 0.496 e. The number of hydrogen-bond donors (Lipinski definition) is 0. The number of aryl methyl sites for hydroxylation is 1. The highest BCUT2D eigenvalue weighted by atomic mass is 16.5. The summed E-state index contributed by atoms with van der Waals surface area (Å²) >= 11 is 0. The third kappa shape index (κ3) is 3.43. The second-order valence-electron chi connectivity index (χ2n) is 8.02. The van der Waals surface area contributed by atoms with E-state index in [1.54, 1.807) is 30.5 Å². The van der Waals surface area contributed by atoms with Crippen molar-refractivity contribution in [1.82, 2.24) is 29.2 Å². The Kier molecular flexibility index (Phi) is 4.68. The van der Waals surface area contributed by atoms with Gasteiger partial charge >= 0.3 is 0 Å². The summed E-state index contributed by atoms with van der Waals surface area (Å²) in [6.07, 6.45) is 6.68. The number of anilines is 1. The van der Waals surface area contributed by atoms with Crippen LogP contribution in [0.1, 0.15) is 10.4 Å². The minimum absolute atomic E-state index is 0.101. The van der Waals surface area contributed by atoms with Crippen molar-refractivity contribution < 1.29 is 9.53 Å². The van der Waals surface area contributed by atoms with Crippen LogP contribution in [0.3, 0.4) is 0 Å². The lowest BCUT2D eigenvalue weighted by molar-refractivity contribution is 0.0778. The van der Waals surface area contributed by atoms with Gasteiger partial charge in [0.15, 0.2) is 5.82 Å². The normalized spacial score (nSPS) is 20.2. The van der Waals surface area contributed by atoms with Crippen LogP contribution < -0.4 is 15.2 Å². The smallest absolute Gasteiger partial charge is 0.259 e. The number of methoxy groups -OCH3 is 1. The molecule has 0 saturated carbocycles. The molecule has 2 unspecified atom stereocenters. The first-order valence-corrected chi connectivity index (χ1v) is 10.1. The number of carbonyl (C=O) groups excluding carboxylic acids is 1. The van der Waals surface area contributed by atoms with Gasteiger partial charge in [0.05, 0.1) is 12.7 Å². The van der Waals surface area contributed by atoms with Gasteiger partial charge in [-0.1, -0.05) is 0 Å². The molecule has 0 aliphatic carbocycles. The Morgan fingerprint density at radius 1 is 1.10 bits per heavy atom. The van der Waals surface area contributed by atoms with Crippen LogP contribution in [-0.4, -0.2) is 68.4 Å². The molecule has 0 radical (unpaired) electrons. The van der Waals surface area contributed by atoms with Gasteiger partial charge in [-0.15, -0.1) is 0 Å². The molecule has 31 heavy (non-hydrogen) atoms. The summed E-state index contributed by atoms with van der Waals surface area (Å²) in [6, 6.07) is 5.15. The molecule has 5 heterocycles. The van der Waals surface area contributed by atoms with Gasteiger partial charge in [-0.25, -0.2) is 14.6 Å². The Balaban J connectivity index is 1.30. The molecule has 3 aromatic heterocycles. The zero-order valence-electron chi connectivity index (χ0n) is 17.4. The predicted octanol–water partition coefficient (Wildman–Crippen LogP) is 0.578. The number of hydrogen-bond acceptors (Lipinski definition) is 7. The Hall–Kier alpha value is -3.69. The van der Waals surface area contributed by atoms with Crippen molar-refractivity contribution >= 4 is 11.7 Å². The summed E-state index contributed by atoms with van der Waals surface area (Å²) in [5, 5.41) is 4.23. The fourth-order valence-electron chi connectivity index (χ4n) is 4.50. The Bertz CT molecular complexity index is 1160. The molecule has 2 aliphatic rings. The fourth-order valence-corrected chi connectivity index (χ4v) is 4.50. The van der Waals surface area contributed by atoms with E-state index in [-0.39, 0.29) is 11.5 Å². The number of ether oxygens (including phenoxy) is 1. The second kappa shape index (κ2) is 7.53. The van der Waals surface area contributed by atoms with E-state index in [1.165, 1.54) is 17.7 Å². The van der Waals surface area contributed by atoms with Gasteiger partial charge in [0.25, 0.3) is 11.5 Å². The zero-order valence-corrected chi connectivity index (χ0v) is 17.4. The maximum Gasteiger partial charge on any atom is 0.259 e. The van der Waals surface area contributed by atoms with E-state index < -0.39 is 0 Å². The van der Waals surface area contributed by atoms with E-state index in [4.69, 9.17) is 4.74 Å². The molecule has 0 N–H and O–H groups in total. The molecule has 10 nitrogen and oxygen atoms in total. The summed E-state index contributed by atoms with van der Waals surface area (Å²) in [6.45, 7) is 3.00. The van der Waals surface area contributed by atoms with Crippen molar-refractivity contribution in [2.75, 3.05) is 38.2 Å². The topological polar surface area (TPSA) is 98.4 Å². The van der Waals surface area contributed by atoms with Gasteiger partial charge in [0.2, 0.25) is 0 Å². The number of fused-ring (bicyclic) bond motifs is 1. The lowest BCUT2D eigenvalue weighted by atomic mass is 10.0. The van der Waals surface area contributed by atoms with Crippen LogP contribution in [0.5, 0.6) is 5.75 Å². The predicted molar refractivity (Wildman–Crippen MR) is 112 cm³/mol. The average Bonchev–Trinajstić information content (AvgIpc) is 3.51. The SMILES string of the molecule is COc1cc(=O)n(C)cc1C(=O)N1CC2CN(c3cc(-n4cccn4)ncn3)CC2C1.